The molecule has 2 heterocycles. The lowest BCUT2D eigenvalue weighted by Gasteiger charge is -2.18. The van der Waals surface area contributed by atoms with Crippen LogP contribution in [0.5, 0.6) is 0 Å². The Kier molecular flexibility index (Phi) is 3.03. The third-order valence-electron chi connectivity index (χ3n) is 2.37. The monoisotopic (exact) mass is 209 g/mol. The van der Waals surface area contributed by atoms with Gasteiger partial charge in [0.25, 0.3) is 0 Å². The van der Waals surface area contributed by atoms with Gasteiger partial charge in [-0.15, -0.1) is 0 Å². The Morgan fingerprint density at radius 2 is 2.29 bits per heavy atom. The van der Waals surface area contributed by atoms with Crippen molar-refractivity contribution in [1.29, 1.82) is 0 Å². The van der Waals surface area contributed by atoms with Crippen molar-refractivity contribution in [3.8, 4) is 0 Å². The molecule has 0 spiro atoms. The molecule has 76 valence electrons. The standard InChI is InChI=1S/C10H15N3S/c1-7-12-9(5-11-2)8-3-4-14-6-10(8)13-7/h11H,3-6H2,1-2H3. The Bertz CT molecular complexity index is 338. The lowest BCUT2D eigenvalue weighted by molar-refractivity contribution is 0.752. The smallest absolute Gasteiger partial charge is 0.125 e. The van der Waals surface area contributed by atoms with Gasteiger partial charge in [0.1, 0.15) is 5.82 Å². The van der Waals surface area contributed by atoms with Crippen LogP contribution in [-0.2, 0) is 18.7 Å². The molecule has 0 fully saturated rings. The van der Waals surface area contributed by atoms with E-state index in [0.717, 1.165) is 24.5 Å². The highest BCUT2D eigenvalue weighted by molar-refractivity contribution is 7.98. The summed E-state index contributed by atoms with van der Waals surface area (Å²) in [6.45, 7) is 2.83. The van der Waals surface area contributed by atoms with E-state index >= 15 is 0 Å². The number of nitrogens with zero attached hydrogens (tertiary/aromatic N) is 2. The molecule has 0 aromatic carbocycles. The van der Waals surface area contributed by atoms with Crippen molar-refractivity contribution in [2.75, 3.05) is 12.8 Å². The number of fused-ring (bicyclic) bond motifs is 1. The summed E-state index contributed by atoms with van der Waals surface area (Å²) in [5.74, 6) is 3.16. The molecule has 1 N–H and O–H groups in total. The van der Waals surface area contributed by atoms with Crippen LogP contribution in [0.2, 0.25) is 0 Å². The SMILES string of the molecule is CNCc1nc(C)nc2c1CCSC2. The highest BCUT2D eigenvalue weighted by atomic mass is 32.2. The first-order chi connectivity index (χ1) is 6.81. The summed E-state index contributed by atoms with van der Waals surface area (Å²) in [4.78, 5) is 8.99. The predicted octanol–water partition coefficient (Wildman–Crippen LogP) is 1.29. The van der Waals surface area contributed by atoms with Crippen molar-refractivity contribution in [1.82, 2.24) is 15.3 Å². The van der Waals surface area contributed by atoms with Gasteiger partial charge in [0, 0.05) is 12.3 Å². The van der Waals surface area contributed by atoms with Crippen LogP contribution in [0.1, 0.15) is 22.8 Å². The number of hydrogen-bond acceptors (Lipinski definition) is 4. The summed E-state index contributed by atoms with van der Waals surface area (Å²) in [5, 5.41) is 3.16. The number of nitrogens with one attached hydrogen (secondary N) is 1. The molecule has 2 rings (SSSR count). The van der Waals surface area contributed by atoms with E-state index in [0.29, 0.717) is 0 Å². The van der Waals surface area contributed by atoms with E-state index in [1.54, 1.807) is 0 Å². The molecule has 1 aromatic rings. The van der Waals surface area contributed by atoms with Crippen molar-refractivity contribution >= 4 is 11.8 Å². The van der Waals surface area contributed by atoms with Crippen LogP contribution < -0.4 is 5.32 Å². The minimum absolute atomic E-state index is 0.857. The van der Waals surface area contributed by atoms with Gasteiger partial charge in [0.05, 0.1) is 11.4 Å². The number of rotatable bonds is 2. The van der Waals surface area contributed by atoms with E-state index in [1.807, 2.05) is 25.7 Å². The Morgan fingerprint density at radius 3 is 3.07 bits per heavy atom. The fraction of sp³-hybridized carbons (Fsp3) is 0.600. The fourth-order valence-electron chi connectivity index (χ4n) is 1.78. The van der Waals surface area contributed by atoms with Gasteiger partial charge in [-0.2, -0.15) is 11.8 Å². The third kappa shape index (κ3) is 1.91. The van der Waals surface area contributed by atoms with Crippen molar-refractivity contribution in [2.24, 2.45) is 0 Å². The highest BCUT2D eigenvalue weighted by Gasteiger charge is 2.16. The zero-order valence-corrected chi connectivity index (χ0v) is 9.45. The number of aromatic nitrogens is 2. The van der Waals surface area contributed by atoms with Gasteiger partial charge in [0.2, 0.25) is 0 Å². The second-order valence-corrected chi connectivity index (χ2v) is 4.58. The molecule has 0 unspecified atom stereocenters. The van der Waals surface area contributed by atoms with Gasteiger partial charge in [-0.05, 0) is 31.7 Å². The van der Waals surface area contributed by atoms with E-state index < -0.39 is 0 Å². The zero-order chi connectivity index (χ0) is 9.97. The first-order valence-electron chi connectivity index (χ1n) is 4.89. The Hall–Kier alpha value is -0.610. The molecule has 0 atom stereocenters. The molecule has 3 nitrogen and oxygen atoms in total. The van der Waals surface area contributed by atoms with Crippen LogP contribution in [0, 0.1) is 6.92 Å². The molecule has 1 aromatic heterocycles. The van der Waals surface area contributed by atoms with E-state index in [1.165, 1.54) is 22.7 Å². The molecule has 0 saturated carbocycles. The Morgan fingerprint density at radius 1 is 1.43 bits per heavy atom. The van der Waals surface area contributed by atoms with Crippen LogP contribution in [0.3, 0.4) is 0 Å². The largest absolute Gasteiger partial charge is 0.314 e. The van der Waals surface area contributed by atoms with Crippen molar-refractivity contribution < 1.29 is 0 Å². The van der Waals surface area contributed by atoms with Crippen molar-refractivity contribution in [2.45, 2.75) is 25.6 Å². The van der Waals surface area contributed by atoms with Gasteiger partial charge < -0.3 is 5.32 Å². The number of aryl methyl sites for hydroxylation is 1. The fourth-order valence-corrected chi connectivity index (χ4v) is 2.71. The quantitative estimate of drug-likeness (QED) is 0.796. The first-order valence-corrected chi connectivity index (χ1v) is 6.04. The lowest BCUT2D eigenvalue weighted by Crippen LogP contribution is -2.16. The molecule has 14 heavy (non-hydrogen) atoms. The third-order valence-corrected chi connectivity index (χ3v) is 3.34. The summed E-state index contributed by atoms with van der Waals surface area (Å²) >= 11 is 1.96. The van der Waals surface area contributed by atoms with Crippen molar-refractivity contribution in [3.05, 3.63) is 22.8 Å². The van der Waals surface area contributed by atoms with Gasteiger partial charge >= 0.3 is 0 Å². The maximum atomic E-state index is 4.50. The second-order valence-electron chi connectivity index (χ2n) is 3.48. The molecular formula is C10H15N3S. The number of thioether (sulfide) groups is 1. The molecule has 0 amide bonds. The van der Waals surface area contributed by atoms with E-state index in [-0.39, 0.29) is 0 Å². The van der Waals surface area contributed by atoms with Gasteiger partial charge in [-0.25, -0.2) is 9.97 Å². The van der Waals surface area contributed by atoms with Crippen LogP contribution >= 0.6 is 11.8 Å². The average molecular weight is 209 g/mol. The lowest BCUT2D eigenvalue weighted by atomic mass is 10.1. The molecule has 0 bridgehead atoms. The van der Waals surface area contributed by atoms with Crippen LogP contribution in [0.15, 0.2) is 0 Å². The molecule has 0 radical (unpaired) electrons. The first kappa shape index (κ1) is 9.93. The maximum Gasteiger partial charge on any atom is 0.125 e. The zero-order valence-electron chi connectivity index (χ0n) is 8.63. The Balaban J connectivity index is 2.41. The van der Waals surface area contributed by atoms with E-state index in [4.69, 9.17) is 0 Å². The summed E-state index contributed by atoms with van der Waals surface area (Å²) in [5.41, 5.74) is 3.82. The Labute approximate surface area is 88.7 Å². The van der Waals surface area contributed by atoms with Crippen LogP contribution in [-0.4, -0.2) is 22.8 Å². The van der Waals surface area contributed by atoms with Gasteiger partial charge in [-0.3, -0.25) is 0 Å². The summed E-state index contributed by atoms with van der Waals surface area (Å²) in [6.07, 6.45) is 1.12. The molecular weight excluding hydrogens is 194 g/mol. The average Bonchev–Trinajstić information content (AvgIpc) is 2.18. The van der Waals surface area contributed by atoms with E-state index in [2.05, 4.69) is 15.3 Å². The summed E-state index contributed by atoms with van der Waals surface area (Å²) in [6, 6.07) is 0. The van der Waals surface area contributed by atoms with Gasteiger partial charge in [-0.1, -0.05) is 0 Å². The van der Waals surface area contributed by atoms with Gasteiger partial charge in [0.15, 0.2) is 0 Å². The summed E-state index contributed by atoms with van der Waals surface area (Å²) < 4.78 is 0. The number of hydrogen-bond donors (Lipinski definition) is 1. The molecule has 0 saturated heterocycles. The topological polar surface area (TPSA) is 37.8 Å². The molecule has 0 aliphatic carbocycles. The van der Waals surface area contributed by atoms with Crippen molar-refractivity contribution in [3.63, 3.8) is 0 Å². The highest BCUT2D eigenvalue weighted by Crippen LogP contribution is 2.24. The minimum Gasteiger partial charge on any atom is -0.314 e. The maximum absolute atomic E-state index is 4.50. The molecule has 1 aliphatic rings. The van der Waals surface area contributed by atoms with Crippen LogP contribution in [0.4, 0.5) is 0 Å². The minimum atomic E-state index is 0.857. The predicted molar refractivity (Wildman–Crippen MR) is 59.4 cm³/mol. The molecule has 1 aliphatic heterocycles. The normalized spacial score (nSPS) is 15.3. The van der Waals surface area contributed by atoms with Crippen LogP contribution in [0.25, 0.3) is 0 Å². The second kappa shape index (κ2) is 4.28. The molecule has 4 heteroatoms. The summed E-state index contributed by atoms with van der Waals surface area (Å²) in [7, 11) is 1.96. The van der Waals surface area contributed by atoms with E-state index in [9.17, 15) is 0 Å².